The molecule has 0 spiro atoms. The molecule has 0 radical (unpaired) electrons. The highest BCUT2D eigenvalue weighted by atomic mass is 16.3. The van der Waals surface area contributed by atoms with Crippen LogP contribution in [0.4, 0.5) is 0 Å². The summed E-state index contributed by atoms with van der Waals surface area (Å²) < 4.78 is 0. The maximum absolute atomic E-state index is 12.3. The zero-order valence-electron chi connectivity index (χ0n) is 12.4. The van der Waals surface area contributed by atoms with Crippen molar-refractivity contribution in [3.05, 3.63) is 23.8 Å². The second kappa shape index (κ2) is 4.39. The number of hydrogen-bond acceptors (Lipinski definition) is 3. The van der Waals surface area contributed by atoms with E-state index in [9.17, 15) is 14.7 Å². The van der Waals surface area contributed by atoms with Gasteiger partial charge in [0.1, 0.15) is 5.78 Å². The van der Waals surface area contributed by atoms with Crippen LogP contribution in [0.2, 0.25) is 0 Å². The summed E-state index contributed by atoms with van der Waals surface area (Å²) in [6, 6.07) is 0. The van der Waals surface area contributed by atoms with E-state index in [-0.39, 0.29) is 17.1 Å². The van der Waals surface area contributed by atoms with Crippen molar-refractivity contribution in [2.45, 2.75) is 45.1 Å². The second-order valence-corrected chi connectivity index (χ2v) is 7.53. The molecule has 2 saturated carbocycles. The van der Waals surface area contributed by atoms with Gasteiger partial charge in [-0.1, -0.05) is 19.1 Å². The SMILES string of the molecule is C[C@]12C[C@@H](O)C3C4CCC(=O)C=C4C=CC3C1CCC2=O. The summed E-state index contributed by atoms with van der Waals surface area (Å²) in [5.41, 5.74) is 0.760. The number of ketones is 2. The van der Waals surface area contributed by atoms with Gasteiger partial charge in [0.05, 0.1) is 6.10 Å². The average molecular weight is 286 g/mol. The molecule has 3 nitrogen and oxygen atoms in total. The molecule has 2 fully saturated rings. The summed E-state index contributed by atoms with van der Waals surface area (Å²) in [6.07, 6.45) is 9.27. The van der Waals surface area contributed by atoms with E-state index >= 15 is 0 Å². The molecule has 6 atom stereocenters. The van der Waals surface area contributed by atoms with E-state index < -0.39 is 6.10 Å². The molecular formula is C18H22O3. The zero-order chi connectivity index (χ0) is 14.8. The largest absolute Gasteiger partial charge is 0.393 e. The summed E-state index contributed by atoms with van der Waals surface area (Å²) in [5, 5.41) is 10.7. The van der Waals surface area contributed by atoms with Gasteiger partial charge < -0.3 is 5.11 Å². The van der Waals surface area contributed by atoms with Crippen LogP contribution in [-0.4, -0.2) is 22.8 Å². The van der Waals surface area contributed by atoms with Crippen LogP contribution in [-0.2, 0) is 9.59 Å². The predicted molar refractivity (Wildman–Crippen MR) is 78.4 cm³/mol. The minimum Gasteiger partial charge on any atom is -0.393 e. The standard InChI is InChI=1S/C18H22O3/c1-18-9-15(20)17-12-5-3-11(19)8-10(12)2-4-13(17)14(18)6-7-16(18)21/h2,4,8,12-15,17,20H,3,5-7,9H2,1H3/t12?,13?,14?,15-,17?,18+/m1/s1. The molecule has 0 saturated heterocycles. The summed E-state index contributed by atoms with van der Waals surface area (Å²) in [4.78, 5) is 23.9. The molecule has 0 bridgehead atoms. The number of rotatable bonds is 0. The zero-order valence-corrected chi connectivity index (χ0v) is 12.4. The van der Waals surface area contributed by atoms with Crippen molar-refractivity contribution in [3.63, 3.8) is 0 Å². The van der Waals surface area contributed by atoms with Crippen molar-refractivity contribution in [2.24, 2.45) is 29.1 Å². The molecule has 21 heavy (non-hydrogen) atoms. The van der Waals surface area contributed by atoms with Crippen molar-refractivity contribution < 1.29 is 14.7 Å². The van der Waals surface area contributed by atoms with Gasteiger partial charge in [-0.25, -0.2) is 0 Å². The van der Waals surface area contributed by atoms with Crippen LogP contribution >= 0.6 is 0 Å². The van der Waals surface area contributed by atoms with E-state index in [0.29, 0.717) is 42.8 Å². The van der Waals surface area contributed by atoms with Crippen LogP contribution in [0, 0.1) is 29.1 Å². The minimum absolute atomic E-state index is 0.193. The Morgan fingerprint density at radius 1 is 1.24 bits per heavy atom. The number of carbonyl (C=O) groups is 2. The Hall–Kier alpha value is -1.22. The second-order valence-electron chi connectivity index (χ2n) is 7.53. The summed E-state index contributed by atoms with van der Waals surface area (Å²) in [5.74, 6) is 1.69. The first kappa shape index (κ1) is 13.4. The number of hydrogen-bond donors (Lipinski definition) is 1. The lowest BCUT2D eigenvalue weighted by atomic mass is 9.53. The van der Waals surface area contributed by atoms with Crippen molar-refractivity contribution in [1.29, 1.82) is 0 Å². The molecule has 4 aliphatic rings. The minimum atomic E-state index is -0.426. The highest BCUT2D eigenvalue weighted by Crippen LogP contribution is 2.58. The lowest BCUT2D eigenvalue weighted by Crippen LogP contribution is -2.51. The van der Waals surface area contributed by atoms with E-state index in [4.69, 9.17) is 0 Å². The summed E-state index contributed by atoms with van der Waals surface area (Å²) >= 11 is 0. The first-order chi connectivity index (χ1) is 10.0. The van der Waals surface area contributed by atoms with Crippen molar-refractivity contribution >= 4 is 11.6 Å². The van der Waals surface area contributed by atoms with Crippen LogP contribution in [0.25, 0.3) is 0 Å². The van der Waals surface area contributed by atoms with Crippen LogP contribution in [0.15, 0.2) is 23.8 Å². The molecule has 0 aliphatic heterocycles. The van der Waals surface area contributed by atoms with Crippen LogP contribution in [0.3, 0.4) is 0 Å². The Balaban J connectivity index is 1.76. The quantitative estimate of drug-likeness (QED) is 0.744. The third kappa shape index (κ3) is 1.76. The maximum atomic E-state index is 12.3. The summed E-state index contributed by atoms with van der Waals surface area (Å²) in [7, 11) is 0. The Morgan fingerprint density at radius 3 is 2.86 bits per heavy atom. The molecule has 112 valence electrons. The molecule has 0 aromatic carbocycles. The van der Waals surface area contributed by atoms with Gasteiger partial charge in [0, 0.05) is 18.3 Å². The van der Waals surface area contributed by atoms with Crippen molar-refractivity contribution in [1.82, 2.24) is 0 Å². The normalized spacial score (nSPS) is 48.5. The maximum Gasteiger partial charge on any atom is 0.155 e. The Morgan fingerprint density at radius 2 is 2.05 bits per heavy atom. The fraction of sp³-hybridized carbons (Fsp3) is 0.667. The number of carbonyl (C=O) groups excluding carboxylic acids is 2. The lowest BCUT2D eigenvalue weighted by molar-refractivity contribution is -0.136. The van der Waals surface area contributed by atoms with E-state index in [1.807, 2.05) is 0 Å². The molecule has 0 aromatic rings. The Labute approximate surface area is 125 Å². The third-order valence-electron chi connectivity index (χ3n) is 6.56. The van der Waals surface area contributed by atoms with Gasteiger partial charge in [-0.15, -0.1) is 0 Å². The Kier molecular flexibility index (Phi) is 2.81. The molecule has 3 heteroatoms. The molecule has 4 unspecified atom stereocenters. The van der Waals surface area contributed by atoms with E-state index in [0.717, 1.165) is 18.4 Å². The van der Waals surface area contributed by atoms with Gasteiger partial charge in [-0.05, 0) is 54.6 Å². The molecule has 4 rings (SSSR count). The van der Waals surface area contributed by atoms with Gasteiger partial charge in [0.2, 0.25) is 0 Å². The number of allylic oxidation sites excluding steroid dienone is 4. The van der Waals surface area contributed by atoms with E-state index in [1.54, 1.807) is 6.08 Å². The highest BCUT2D eigenvalue weighted by molar-refractivity contribution is 5.92. The molecular weight excluding hydrogens is 264 g/mol. The van der Waals surface area contributed by atoms with Crippen molar-refractivity contribution in [3.8, 4) is 0 Å². The Bertz CT molecular complexity index is 573. The van der Waals surface area contributed by atoms with E-state index in [1.165, 1.54) is 0 Å². The topological polar surface area (TPSA) is 54.4 Å². The number of aliphatic hydroxyl groups is 1. The fourth-order valence-electron chi connectivity index (χ4n) is 5.51. The van der Waals surface area contributed by atoms with Crippen LogP contribution in [0.5, 0.6) is 0 Å². The van der Waals surface area contributed by atoms with Crippen LogP contribution < -0.4 is 0 Å². The van der Waals surface area contributed by atoms with Gasteiger partial charge >= 0.3 is 0 Å². The fourth-order valence-corrected chi connectivity index (χ4v) is 5.51. The average Bonchev–Trinajstić information content (AvgIpc) is 2.74. The smallest absolute Gasteiger partial charge is 0.155 e. The number of fused-ring (bicyclic) bond motifs is 5. The van der Waals surface area contributed by atoms with Gasteiger partial charge in [-0.2, -0.15) is 0 Å². The lowest BCUT2D eigenvalue weighted by Gasteiger charge is -2.51. The van der Waals surface area contributed by atoms with Crippen LogP contribution in [0.1, 0.15) is 39.0 Å². The molecule has 4 aliphatic carbocycles. The molecule has 1 N–H and O–H groups in total. The first-order valence-electron chi connectivity index (χ1n) is 8.15. The molecule has 0 heterocycles. The number of aliphatic hydroxyl groups excluding tert-OH is 1. The first-order valence-corrected chi connectivity index (χ1v) is 8.15. The highest BCUT2D eigenvalue weighted by Gasteiger charge is 2.58. The van der Waals surface area contributed by atoms with Gasteiger partial charge in [-0.3, -0.25) is 9.59 Å². The summed E-state index contributed by atoms with van der Waals surface area (Å²) in [6.45, 7) is 2.05. The monoisotopic (exact) mass is 286 g/mol. The van der Waals surface area contributed by atoms with Gasteiger partial charge in [0.15, 0.2) is 5.78 Å². The van der Waals surface area contributed by atoms with Gasteiger partial charge in [0.25, 0.3) is 0 Å². The number of Topliss-reactive ketones (excluding diaryl/α,β-unsaturated/α-hetero) is 1. The predicted octanol–water partition coefficient (Wildman–Crippen LogP) is 2.44. The third-order valence-corrected chi connectivity index (χ3v) is 6.56. The van der Waals surface area contributed by atoms with E-state index in [2.05, 4.69) is 19.1 Å². The molecule has 0 amide bonds. The van der Waals surface area contributed by atoms with Crippen molar-refractivity contribution in [2.75, 3.05) is 0 Å². The molecule has 0 aromatic heterocycles.